The molecule has 2 aliphatic heterocycles. The molecule has 3 rings (SSSR count). The van der Waals surface area contributed by atoms with Gasteiger partial charge in [-0.2, -0.15) is 0 Å². The topological polar surface area (TPSA) is 58.6 Å². The summed E-state index contributed by atoms with van der Waals surface area (Å²) in [6.45, 7) is 3.14. The highest BCUT2D eigenvalue weighted by atomic mass is 16.5. The van der Waals surface area contributed by atoms with Crippen LogP contribution < -0.4 is 5.32 Å². The van der Waals surface area contributed by atoms with E-state index < -0.39 is 5.41 Å². The monoisotopic (exact) mass is 344 g/mol. The SMILES string of the molecule is O=C1CCCCCN1CCNC(=O)C1(c2ccccc2)CCOCC1. The molecular formula is C20H28N2O3. The summed E-state index contributed by atoms with van der Waals surface area (Å²) < 4.78 is 5.49. The first-order valence-corrected chi connectivity index (χ1v) is 9.42. The summed E-state index contributed by atoms with van der Waals surface area (Å²) in [6.07, 6.45) is 5.20. The quantitative estimate of drug-likeness (QED) is 0.891. The van der Waals surface area contributed by atoms with Gasteiger partial charge in [-0.25, -0.2) is 0 Å². The number of nitrogens with one attached hydrogen (secondary N) is 1. The lowest BCUT2D eigenvalue weighted by molar-refractivity contribution is -0.133. The number of nitrogens with zero attached hydrogens (tertiary/aromatic N) is 1. The van der Waals surface area contributed by atoms with Gasteiger partial charge in [0.2, 0.25) is 11.8 Å². The lowest BCUT2D eigenvalue weighted by Gasteiger charge is -2.36. The summed E-state index contributed by atoms with van der Waals surface area (Å²) >= 11 is 0. The Balaban J connectivity index is 1.62. The van der Waals surface area contributed by atoms with Crippen LogP contribution in [-0.4, -0.2) is 49.6 Å². The molecule has 1 aromatic carbocycles. The molecule has 2 saturated heterocycles. The van der Waals surface area contributed by atoms with Crippen molar-refractivity contribution >= 4 is 11.8 Å². The van der Waals surface area contributed by atoms with Gasteiger partial charge in [0.15, 0.2) is 0 Å². The summed E-state index contributed by atoms with van der Waals surface area (Å²) in [5, 5.41) is 3.09. The van der Waals surface area contributed by atoms with E-state index in [0.717, 1.165) is 31.4 Å². The molecule has 2 heterocycles. The van der Waals surface area contributed by atoms with Crippen molar-refractivity contribution in [2.75, 3.05) is 32.8 Å². The minimum absolute atomic E-state index is 0.0595. The third kappa shape index (κ3) is 4.21. The number of ether oxygens (including phenoxy) is 1. The van der Waals surface area contributed by atoms with Gasteiger partial charge in [0.05, 0.1) is 5.41 Å². The van der Waals surface area contributed by atoms with E-state index in [9.17, 15) is 9.59 Å². The summed E-state index contributed by atoms with van der Waals surface area (Å²) in [5.74, 6) is 0.278. The Morgan fingerprint density at radius 1 is 1.12 bits per heavy atom. The molecule has 5 nitrogen and oxygen atoms in total. The fraction of sp³-hybridized carbons (Fsp3) is 0.600. The Hall–Kier alpha value is -1.88. The molecule has 5 heteroatoms. The Morgan fingerprint density at radius 3 is 2.64 bits per heavy atom. The minimum Gasteiger partial charge on any atom is -0.381 e. The fourth-order valence-electron chi connectivity index (χ4n) is 3.87. The summed E-state index contributed by atoms with van der Waals surface area (Å²) in [4.78, 5) is 27.0. The van der Waals surface area contributed by atoms with Crippen molar-refractivity contribution in [3.8, 4) is 0 Å². The van der Waals surface area contributed by atoms with E-state index in [4.69, 9.17) is 4.74 Å². The van der Waals surface area contributed by atoms with Crippen LogP contribution in [-0.2, 0) is 19.7 Å². The standard InChI is InChI=1S/C20H28N2O3/c23-18-9-5-2-6-13-22(18)14-12-21-19(24)20(10-15-25-16-11-20)17-7-3-1-4-8-17/h1,3-4,7-8H,2,5-6,9-16H2,(H,21,24). The summed E-state index contributed by atoms with van der Waals surface area (Å²) in [6, 6.07) is 10.00. The molecule has 0 unspecified atom stereocenters. The van der Waals surface area contributed by atoms with E-state index in [1.54, 1.807) is 0 Å². The van der Waals surface area contributed by atoms with Crippen LogP contribution in [0.5, 0.6) is 0 Å². The van der Waals surface area contributed by atoms with Gasteiger partial charge in [0, 0.05) is 39.3 Å². The van der Waals surface area contributed by atoms with E-state index in [1.165, 1.54) is 0 Å². The number of rotatable bonds is 5. The van der Waals surface area contributed by atoms with Gasteiger partial charge in [-0.05, 0) is 31.2 Å². The summed E-state index contributed by atoms with van der Waals surface area (Å²) in [7, 11) is 0. The van der Waals surface area contributed by atoms with Crippen LogP contribution in [0.2, 0.25) is 0 Å². The van der Waals surface area contributed by atoms with Crippen molar-refractivity contribution in [1.82, 2.24) is 10.2 Å². The normalized spacial score (nSPS) is 20.8. The lowest BCUT2D eigenvalue weighted by atomic mass is 9.73. The van der Waals surface area contributed by atoms with Crippen LogP contribution in [0, 0.1) is 0 Å². The molecule has 0 bridgehead atoms. The number of carbonyl (C=O) groups excluding carboxylic acids is 2. The van der Waals surface area contributed by atoms with Crippen LogP contribution in [0.3, 0.4) is 0 Å². The van der Waals surface area contributed by atoms with Crippen molar-refractivity contribution in [1.29, 1.82) is 0 Å². The molecule has 136 valence electrons. The highest BCUT2D eigenvalue weighted by molar-refractivity contribution is 5.88. The highest BCUT2D eigenvalue weighted by Gasteiger charge is 2.41. The van der Waals surface area contributed by atoms with Gasteiger partial charge in [-0.15, -0.1) is 0 Å². The van der Waals surface area contributed by atoms with E-state index in [-0.39, 0.29) is 11.8 Å². The maximum absolute atomic E-state index is 13.0. The average molecular weight is 344 g/mol. The molecule has 1 aromatic rings. The zero-order valence-corrected chi connectivity index (χ0v) is 14.8. The molecule has 25 heavy (non-hydrogen) atoms. The average Bonchev–Trinajstić information content (AvgIpc) is 2.87. The predicted octanol–water partition coefficient (Wildman–Crippen LogP) is 2.25. The van der Waals surface area contributed by atoms with Crippen molar-refractivity contribution in [2.24, 2.45) is 0 Å². The Bertz CT molecular complexity index is 582. The molecule has 0 atom stereocenters. The van der Waals surface area contributed by atoms with Crippen LogP contribution in [0.25, 0.3) is 0 Å². The highest BCUT2D eigenvalue weighted by Crippen LogP contribution is 2.35. The molecule has 2 amide bonds. The lowest BCUT2D eigenvalue weighted by Crippen LogP contribution is -2.49. The smallest absolute Gasteiger partial charge is 0.230 e. The van der Waals surface area contributed by atoms with E-state index in [1.807, 2.05) is 35.2 Å². The number of hydrogen-bond donors (Lipinski definition) is 1. The van der Waals surface area contributed by atoms with Crippen LogP contribution in [0.1, 0.15) is 44.1 Å². The third-order valence-corrected chi connectivity index (χ3v) is 5.45. The van der Waals surface area contributed by atoms with Gasteiger partial charge >= 0.3 is 0 Å². The van der Waals surface area contributed by atoms with Crippen LogP contribution in [0.4, 0.5) is 0 Å². The van der Waals surface area contributed by atoms with Gasteiger partial charge in [-0.1, -0.05) is 36.8 Å². The van der Waals surface area contributed by atoms with E-state index in [2.05, 4.69) is 5.32 Å². The number of benzene rings is 1. The largest absolute Gasteiger partial charge is 0.381 e. The van der Waals surface area contributed by atoms with Gasteiger partial charge in [0.1, 0.15) is 0 Å². The van der Waals surface area contributed by atoms with E-state index in [0.29, 0.717) is 45.6 Å². The number of likely N-dealkylation sites (tertiary alicyclic amines) is 1. The summed E-state index contributed by atoms with van der Waals surface area (Å²) in [5.41, 5.74) is 0.545. The third-order valence-electron chi connectivity index (χ3n) is 5.45. The molecule has 0 aromatic heterocycles. The Kier molecular flexibility index (Phi) is 6.08. The number of amides is 2. The molecule has 0 aliphatic carbocycles. The van der Waals surface area contributed by atoms with Crippen LogP contribution in [0.15, 0.2) is 30.3 Å². The second-order valence-electron chi connectivity index (χ2n) is 7.01. The maximum atomic E-state index is 13.0. The fourth-order valence-corrected chi connectivity index (χ4v) is 3.87. The maximum Gasteiger partial charge on any atom is 0.230 e. The number of hydrogen-bond acceptors (Lipinski definition) is 3. The predicted molar refractivity (Wildman–Crippen MR) is 96.2 cm³/mol. The molecular weight excluding hydrogens is 316 g/mol. The Labute approximate surface area is 149 Å². The van der Waals surface area contributed by atoms with Crippen molar-refractivity contribution in [3.05, 3.63) is 35.9 Å². The van der Waals surface area contributed by atoms with Crippen molar-refractivity contribution < 1.29 is 14.3 Å². The van der Waals surface area contributed by atoms with Gasteiger partial charge in [-0.3, -0.25) is 9.59 Å². The molecule has 0 radical (unpaired) electrons. The number of carbonyl (C=O) groups is 2. The van der Waals surface area contributed by atoms with Crippen molar-refractivity contribution in [2.45, 2.75) is 43.9 Å². The van der Waals surface area contributed by atoms with E-state index >= 15 is 0 Å². The minimum atomic E-state index is -0.512. The molecule has 0 spiro atoms. The second kappa shape index (κ2) is 8.48. The first-order chi connectivity index (χ1) is 12.2. The first kappa shape index (κ1) is 17.9. The zero-order valence-electron chi connectivity index (χ0n) is 14.8. The molecule has 0 saturated carbocycles. The zero-order chi connectivity index (χ0) is 17.5. The van der Waals surface area contributed by atoms with Gasteiger partial charge in [0.25, 0.3) is 0 Å². The van der Waals surface area contributed by atoms with Gasteiger partial charge < -0.3 is 15.0 Å². The molecule has 1 N–H and O–H groups in total. The first-order valence-electron chi connectivity index (χ1n) is 9.42. The van der Waals surface area contributed by atoms with Crippen LogP contribution >= 0.6 is 0 Å². The second-order valence-corrected chi connectivity index (χ2v) is 7.01. The molecule has 2 aliphatic rings. The molecule has 2 fully saturated rings. The Morgan fingerprint density at radius 2 is 1.88 bits per heavy atom. The van der Waals surface area contributed by atoms with Crippen molar-refractivity contribution in [3.63, 3.8) is 0 Å².